The molecule has 0 N–H and O–H groups in total. The van der Waals surface area contributed by atoms with Gasteiger partial charge >= 0.3 is 24.8 Å². The van der Waals surface area contributed by atoms with Crippen LogP contribution in [0.3, 0.4) is 0 Å². The average molecular weight is 138 g/mol. The first-order chi connectivity index (χ1) is 4.16. The van der Waals surface area contributed by atoms with Crippen molar-refractivity contribution in [3.8, 4) is 0 Å². The summed E-state index contributed by atoms with van der Waals surface area (Å²) in [6.45, 7) is 3.40. The van der Waals surface area contributed by atoms with Gasteiger partial charge in [0.1, 0.15) is 12.2 Å². The van der Waals surface area contributed by atoms with E-state index < -0.39 is 5.97 Å². The summed E-state index contributed by atoms with van der Waals surface area (Å²) in [7, 11) is 0. The van der Waals surface area contributed by atoms with E-state index in [1.54, 1.807) is 6.92 Å². The summed E-state index contributed by atoms with van der Waals surface area (Å²) >= 11 is 0. The second-order valence-electron chi connectivity index (χ2n) is 1.68. The Hall–Kier alpha value is -0.263. The van der Waals surface area contributed by atoms with Crippen molar-refractivity contribution in [2.75, 3.05) is 6.61 Å². The quantitative estimate of drug-likeness (QED) is 0.249. The molecule has 0 aromatic rings. The third kappa shape index (κ3) is 7.74. The van der Waals surface area contributed by atoms with Crippen LogP contribution in [0.2, 0.25) is 0 Å². The summed E-state index contributed by atoms with van der Waals surface area (Å²) < 4.78 is 4.49. The molecule has 0 rings (SSSR count). The first kappa shape index (κ1) is 12.4. The van der Waals surface area contributed by atoms with Crippen LogP contribution >= 0.6 is 0 Å². The summed E-state index contributed by atoms with van der Waals surface area (Å²) in [5.74, 6) is -0.599. The fraction of sp³-hybridized carbons (Fsp3) is 0.667. The predicted molar refractivity (Wildman–Crippen MR) is 33.0 cm³/mol. The Morgan fingerprint density at radius 1 is 1.50 bits per heavy atom. The van der Waals surface area contributed by atoms with Gasteiger partial charge in [0, 0.05) is 0 Å². The molecule has 0 bridgehead atoms. The molecule has 0 saturated heterocycles. The van der Waals surface area contributed by atoms with Crippen molar-refractivity contribution in [3.05, 3.63) is 0 Å². The van der Waals surface area contributed by atoms with Gasteiger partial charge in [-0.2, -0.15) is 0 Å². The average Bonchev–Trinajstić information content (AvgIpc) is 1.63. The number of hydrogen-bond acceptors (Lipinski definition) is 3. The summed E-state index contributed by atoms with van der Waals surface area (Å²) in [4.78, 5) is 20.6. The predicted octanol–water partition coefficient (Wildman–Crippen LogP) is -2.35. The molecule has 0 aliphatic heterocycles. The third-order valence-corrected chi connectivity index (χ3v) is 0.699. The fourth-order valence-corrected chi connectivity index (χ4v) is 0.415. The van der Waals surface area contributed by atoms with E-state index in [-0.39, 0.29) is 32.5 Å². The number of esters is 1. The van der Waals surface area contributed by atoms with Crippen LogP contribution in [0.4, 0.5) is 0 Å². The molecule has 0 radical (unpaired) electrons. The zero-order valence-corrected chi connectivity index (χ0v) is 6.64. The summed E-state index contributed by atoms with van der Waals surface area (Å²) in [5, 5.41) is 0. The standard InChI is InChI=1S/C6H10O3.Li.H/c1-3-9-6(8)4-5(2)7;;/h3-4H2,1-2H3;;/q;+1;-1. The van der Waals surface area contributed by atoms with Gasteiger partial charge in [0.2, 0.25) is 0 Å². The Morgan fingerprint density at radius 2 is 2.00 bits per heavy atom. The number of carbonyl (C=O) groups is 2. The molecular formula is C6H11LiO3. The van der Waals surface area contributed by atoms with E-state index in [0.717, 1.165) is 0 Å². The van der Waals surface area contributed by atoms with E-state index in [0.29, 0.717) is 6.61 Å². The molecule has 0 spiro atoms. The van der Waals surface area contributed by atoms with E-state index >= 15 is 0 Å². The maximum absolute atomic E-state index is 10.4. The van der Waals surface area contributed by atoms with Crippen LogP contribution in [0.15, 0.2) is 0 Å². The Labute approximate surface area is 73.8 Å². The van der Waals surface area contributed by atoms with E-state index in [2.05, 4.69) is 4.74 Å². The smallest absolute Gasteiger partial charge is 1.00 e. The molecule has 0 aromatic carbocycles. The van der Waals surface area contributed by atoms with Gasteiger partial charge < -0.3 is 6.16 Å². The Kier molecular flexibility index (Phi) is 8.51. The van der Waals surface area contributed by atoms with Gasteiger partial charge in [-0.1, -0.05) is 0 Å². The van der Waals surface area contributed by atoms with Crippen LogP contribution in [-0.4, -0.2) is 18.4 Å². The summed E-state index contributed by atoms with van der Waals surface area (Å²) in [6.07, 6.45) is -0.103. The van der Waals surface area contributed by atoms with Crippen LogP contribution in [0.1, 0.15) is 21.7 Å². The molecule has 0 aliphatic carbocycles. The van der Waals surface area contributed by atoms with Crippen LogP contribution in [0.5, 0.6) is 0 Å². The van der Waals surface area contributed by atoms with Crippen LogP contribution in [-0.2, 0) is 14.3 Å². The molecule has 0 atom stereocenters. The third-order valence-electron chi connectivity index (χ3n) is 0.699. The molecule has 0 unspecified atom stereocenters. The molecule has 3 nitrogen and oxygen atoms in total. The normalized spacial score (nSPS) is 7.80. The first-order valence-corrected chi connectivity index (χ1v) is 2.82. The SMILES string of the molecule is CCOC(=O)CC(C)=O.[H-].[Li+]. The summed E-state index contributed by atoms with van der Waals surface area (Å²) in [5.41, 5.74) is 0. The number of rotatable bonds is 3. The number of Topliss-reactive ketones (excluding diaryl/α,β-unsaturated/α-hetero) is 1. The molecule has 0 aliphatic rings. The molecule has 10 heavy (non-hydrogen) atoms. The molecule has 0 heterocycles. The largest absolute Gasteiger partial charge is 1.00 e. The van der Waals surface area contributed by atoms with Crippen molar-refractivity contribution in [3.63, 3.8) is 0 Å². The van der Waals surface area contributed by atoms with E-state index in [4.69, 9.17) is 0 Å². The minimum Gasteiger partial charge on any atom is -1.00 e. The van der Waals surface area contributed by atoms with Gasteiger partial charge in [0.25, 0.3) is 0 Å². The number of hydrogen-bond donors (Lipinski definition) is 0. The number of ketones is 1. The van der Waals surface area contributed by atoms with Crippen molar-refractivity contribution in [1.82, 2.24) is 0 Å². The Balaban J connectivity index is -0.000000320. The van der Waals surface area contributed by atoms with Gasteiger partial charge in [-0.15, -0.1) is 0 Å². The second-order valence-corrected chi connectivity index (χ2v) is 1.68. The molecule has 0 aromatic heterocycles. The summed E-state index contributed by atoms with van der Waals surface area (Å²) in [6, 6.07) is 0. The van der Waals surface area contributed by atoms with Gasteiger partial charge in [0.05, 0.1) is 6.61 Å². The number of ether oxygens (including phenoxy) is 1. The monoisotopic (exact) mass is 138 g/mol. The zero-order valence-electron chi connectivity index (χ0n) is 7.64. The molecule has 0 fully saturated rings. The molecule has 0 amide bonds. The minimum absolute atomic E-state index is 0. The van der Waals surface area contributed by atoms with Crippen LogP contribution in [0, 0.1) is 0 Å². The van der Waals surface area contributed by atoms with Crippen molar-refractivity contribution in [2.24, 2.45) is 0 Å². The maximum Gasteiger partial charge on any atom is 1.00 e. The molecule has 0 saturated carbocycles. The van der Waals surface area contributed by atoms with Gasteiger partial charge in [0.15, 0.2) is 0 Å². The Bertz CT molecular complexity index is 127. The topological polar surface area (TPSA) is 43.4 Å². The molecule has 4 heteroatoms. The van der Waals surface area contributed by atoms with Crippen LogP contribution < -0.4 is 18.9 Å². The first-order valence-electron chi connectivity index (χ1n) is 2.82. The van der Waals surface area contributed by atoms with Crippen molar-refractivity contribution in [1.29, 1.82) is 0 Å². The van der Waals surface area contributed by atoms with Gasteiger partial charge in [-0.05, 0) is 13.8 Å². The van der Waals surface area contributed by atoms with Gasteiger partial charge in [-0.3, -0.25) is 9.59 Å². The van der Waals surface area contributed by atoms with Crippen molar-refractivity contribution in [2.45, 2.75) is 20.3 Å². The Morgan fingerprint density at radius 3 is 2.30 bits per heavy atom. The van der Waals surface area contributed by atoms with E-state index in [1.807, 2.05) is 0 Å². The van der Waals surface area contributed by atoms with Gasteiger partial charge in [-0.25, -0.2) is 0 Å². The van der Waals surface area contributed by atoms with Crippen molar-refractivity contribution >= 4 is 11.8 Å². The molecule has 54 valence electrons. The van der Waals surface area contributed by atoms with E-state index in [9.17, 15) is 9.59 Å². The minimum atomic E-state index is -0.440. The van der Waals surface area contributed by atoms with Crippen molar-refractivity contribution < 1.29 is 34.6 Å². The van der Waals surface area contributed by atoms with E-state index in [1.165, 1.54) is 6.92 Å². The second kappa shape index (κ2) is 6.85. The number of carbonyl (C=O) groups excluding carboxylic acids is 2. The molecular weight excluding hydrogens is 127 g/mol. The zero-order chi connectivity index (χ0) is 7.28. The van der Waals surface area contributed by atoms with Crippen LogP contribution in [0.25, 0.3) is 0 Å². The fourth-order valence-electron chi connectivity index (χ4n) is 0.415. The maximum atomic E-state index is 10.4.